The maximum absolute atomic E-state index is 14.2. The molecule has 0 N–H and O–H groups in total. The SMILES string of the molecule is CCCCn1c(-c2c(F)c(F)cc(F)c2F)nc2c(Br)cccc21. The van der Waals surface area contributed by atoms with E-state index in [0.29, 0.717) is 22.1 Å². The number of aryl methyl sites for hydroxylation is 1. The van der Waals surface area contributed by atoms with E-state index in [1.807, 2.05) is 6.92 Å². The van der Waals surface area contributed by atoms with Gasteiger partial charge in [0.05, 0.1) is 11.1 Å². The van der Waals surface area contributed by atoms with Gasteiger partial charge in [-0.3, -0.25) is 0 Å². The van der Waals surface area contributed by atoms with Gasteiger partial charge in [-0.05, 0) is 34.5 Å². The Kier molecular flexibility index (Phi) is 4.62. The maximum Gasteiger partial charge on any atom is 0.172 e. The third kappa shape index (κ3) is 2.70. The van der Waals surface area contributed by atoms with Crippen LogP contribution in [0.1, 0.15) is 19.8 Å². The Morgan fingerprint density at radius 3 is 2.38 bits per heavy atom. The van der Waals surface area contributed by atoms with Crippen molar-refractivity contribution in [2.24, 2.45) is 0 Å². The Hall–Kier alpha value is -1.89. The second-order valence-corrected chi connectivity index (χ2v) is 6.25. The van der Waals surface area contributed by atoms with Crippen LogP contribution in [-0.2, 0) is 6.54 Å². The number of unbranched alkanes of at least 4 members (excludes halogenated alkanes) is 1. The van der Waals surface area contributed by atoms with E-state index < -0.39 is 28.8 Å². The van der Waals surface area contributed by atoms with Gasteiger partial charge in [0.2, 0.25) is 0 Å². The zero-order valence-corrected chi connectivity index (χ0v) is 14.3. The fourth-order valence-electron chi connectivity index (χ4n) is 2.62. The van der Waals surface area contributed by atoms with Crippen LogP contribution in [0.5, 0.6) is 0 Å². The van der Waals surface area contributed by atoms with E-state index >= 15 is 0 Å². The van der Waals surface area contributed by atoms with Crippen molar-refractivity contribution in [2.75, 3.05) is 0 Å². The number of benzene rings is 2. The van der Waals surface area contributed by atoms with Crippen molar-refractivity contribution in [3.8, 4) is 11.4 Å². The van der Waals surface area contributed by atoms with Crippen LogP contribution in [0.4, 0.5) is 17.6 Å². The molecular formula is C17H13BrF4N2. The molecule has 0 spiro atoms. The lowest BCUT2D eigenvalue weighted by molar-refractivity contribution is 0.456. The maximum atomic E-state index is 14.2. The quantitative estimate of drug-likeness (QED) is 0.398. The monoisotopic (exact) mass is 400 g/mol. The lowest BCUT2D eigenvalue weighted by Crippen LogP contribution is -2.06. The standard InChI is InChI=1S/C17H13BrF4N2/c1-2-3-7-24-12-6-4-5-9(18)16(12)23-17(24)13-14(21)10(19)8-11(20)15(13)22/h4-6,8H,2-3,7H2,1H3. The van der Waals surface area contributed by atoms with Crippen LogP contribution in [0.15, 0.2) is 28.7 Å². The average Bonchev–Trinajstić information content (AvgIpc) is 2.91. The third-order valence-corrected chi connectivity index (χ3v) is 4.44. The number of para-hydroxylation sites is 1. The first-order chi connectivity index (χ1) is 11.5. The molecule has 0 amide bonds. The highest BCUT2D eigenvalue weighted by Gasteiger charge is 2.25. The Balaban J connectivity index is 2.36. The zero-order valence-electron chi connectivity index (χ0n) is 12.7. The lowest BCUT2D eigenvalue weighted by Gasteiger charge is -2.11. The van der Waals surface area contributed by atoms with Crippen LogP contribution in [0.3, 0.4) is 0 Å². The van der Waals surface area contributed by atoms with Gasteiger partial charge in [-0.2, -0.15) is 0 Å². The number of hydrogen-bond donors (Lipinski definition) is 0. The molecule has 24 heavy (non-hydrogen) atoms. The summed E-state index contributed by atoms with van der Waals surface area (Å²) < 4.78 is 57.8. The molecule has 0 unspecified atom stereocenters. The smallest absolute Gasteiger partial charge is 0.172 e. The molecule has 2 aromatic carbocycles. The summed E-state index contributed by atoms with van der Waals surface area (Å²) in [7, 11) is 0. The molecule has 7 heteroatoms. The summed E-state index contributed by atoms with van der Waals surface area (Å²) in [5.74, 6) is -5.91. The lowest BCUT2D eigenvalue weighted by atomic mass is 10.1. The van der Waals surface area contributed by atoms with E-state index in [-0.39, 0.29) is 11.9 Å². The molecular weight excluding hydrogens is 388 g/mol. The van der Waals surface area contributed by atoms with Gasteiger partial charge in [0.1, 0.15) is 11.3 Å². The van der Waals surface area contributed by atoms with Gasteiger partial charge in [-0.25, -0.2) is 22.5 Å². The first-order valence-corrected chi connectivity index (χ1v) is 8.23. The van der Waals surface area contributed by atoms with Gasteiger partial charge in [0, 0.05) is 17.1 Å². The fourth-order valence-corrected chi connectivity index (χ4v) is 3.06. The van der Waals surface area contributed by atoms with Crippen molar-refractivity contribution >= 4 is 27.0 Å². The van der Waals surface area contributed by atoms with Crippen LogP contribution < -0.4 is 0 Å². The zero-order chi connectivity index (χ0) is 17.4. The Morgan fingerprint density at radius 1 is 1.08 bits per heavy atom. The van der Waals surface area contributed by atoms with Crippen LogP contribution >= 0.6 is 15.9 Å². The van der Waals surface area contributed by atoms with Gasteiger partial charge < -0.3 is 4.57 Å². The van der Waals surface area contributed by atoms with Gasteiger partial charge in [0.15, 0.2) is 23.3 Å². The summed E-state index contributed by atoms with van der Waals surface area (Å²) in [5.41, 5.74) is 0.329. The topological polar surface area (TPSA) is 17.8 Å². The number of fused-ring (bicyclic) bond motifs is 1. The number of imidazole rings is 1. The summed E-state index contributed by atoms with van der Waals surface area (Å²) in [6, 6.07) is 5.45. The van der Waals surface area contributed by atoms with Crippen LogP contribution in [0, 0.1) is 23.3 Å². The highest BCUT2D eigenvalue weighted by molar-refractivity contribution is 9.10. The first kappa shape index (κ1) is 17.0. The predicted molar refractivity (Wildman–Crippen MR) is 87.6 cm³/mol. The molecule has 2 nitrogen and oxygen atoms in total. The van der Waals surface area contributed by atoms with Crippen molar-refractivity contribution in [3.63, 3.8) is 0 Å². The van der Waals surface area contributed by atoms with E-state index in [1.165, 1.54) is 0 Å². The molecule has 0 atom stereocenters. The highest BCUT2D eigenvalue weighted by atomic mass is 79.9. The summed E-state index contributed by atoms with van der Waals surface area (Å²) >= 11 is 3.34. The predicted octanol–water partition coefficient (Wildman–Crippen LogP) is 5.82. The summed E-state index contributed by atoms with van der Waals surface area (Å²) in [5, 5.41) is 0. The Morgan fingerprint density at radius 2 is 1.75 bits per heavy atom. The number of rotatable bonds is 4. The second-order valence-electron chi connectivity index (χ2n) is 5.39. The highest BCUT2D eigenvalue weighted by Crippen LogP contribution is 2.34. The molecule has 0 radical (unpaired) electrons. The first-order valence-electron chi connectivity index (χ1n) is 7.43. The van der Waals surface area contributed by atoms with E-state index in [0.717, 1.165) is 12.8 Å². The van der Waals surface area contributed by atoms with E-state index in [4.69, 9.17) is 0 Å². The summed E-state index contributed by atoms with van der Waals surface area (Å²) in [4.78, 5) is 4.24. The Bertz CT molecular complexity index is 895. The van der Waals surface area contributed by atoms with Crippen molar-refractivity contribution < 1.29 is 17.6 Å². The van der Waals surface area contributed by atoms with E-state index in [2.05, 4.69) is 20.9 Å². The van der Waals surface area contributed by atoms with E-state index in [9.17, 15) is 17.6 Å². The molecule has 126 valence electrons. The van der Waals surface area contributed by atoms with Crippen molar-refractivity contribution in [1.29, 1.82) is 0 Å². The van der Waals surface area contributed by atoms with Gasteiger partial charge in [-0.15, -0.1) is 0 Å². The minimum atomic E-state index is -1.45. The average molecular weight is 401 g/mol. The molecule has 0 fully saturated rings. The molecule has 0 aliphatic carbocycles. The number of aromatic nitrogens is 2. The molecule has 0 saturated heterocycles. The van der Waals surface area contributed by atoms with E-state index in [1.54, 1.807) is 22.8 Å². The minimum absolute atomic E-state index is 0.126. The van der Waals surface area contributed by atoms with Gasteiger partial charge in [-0.1, -0.05) is 19.4 Å². The Labute approximate surface area is 144 Å². The van der Waals surface area contributed by atoms with Crippen molar-refractivity contribution in [3.05, 3.63) is 52.0 Å². The molecule has 0 aliphatic heterocycles. The normalized spacial score (nSPS) is 11.4. The van der Waals surface area contributed by atoms with Crippen molar-refractivity contribution in [2.45, 2.75) is 26.3 Å². The van der Waals surface area contributed by atoms with Crippen LogP contribution in [0.25, 0.3) is 22.4 Å². The van der Waals surface area contributed by atoms with Gasteiger partial charge in [0.25, 0.3) is 0 Å². The molecule has 3 rings (SSSR count). The minimum Gasteiger partial charge on any atom is -0.324 e. The molecule has 0 saturated carbocycles. The van der Waals surface area contributed by atoms with Crippen LogP contribution in [-0.4, -0.2) is 9.55 Å². The number of hydrogen-bond acceptors (Lipinski definition) is 1. The molecule has 0 aliphatic rings. The largest absolute Gasteiger partial charge is 0.324 e. The second kappa shape index (κ2) is 6.55. The van der Waals surface area contributed by atoms with Crippen molar-refractivity contribution in [1.82, 2.24) is 9.55 Å². The third-order valence-electron chi connectivity index (χ3n) is 3.80. The molecule has 0 bridgehead atoms. The molecule has 1 aromatic heterocycles. The molecule has 1 heterocycles. The summed E-state index contributed by atoms with van der Waals surface area (Å²) in [6.07, 6.45) is 1.57. The number of halogens is 5. The van der Waals surface area contributed by atoms with Gasteiger partial charge >= 0.3 is 0 Å². The fraction of sp³-hybridized carbons (Fsp3) is 0.235. The van der Waals surface area contributed by atoms with Crippen LogP contribution in [0.2, 0.25) is 0 Å². The number of nitrogens with zero attached hydrogens (tertiary/aromatic N) is 2. The summed E-state index contributed by atoms with van der Waals surface area (Å²) in [6.45, 7) is 2.40. The molecule has 3 aromatic rings.